The Morgan fingerprint density at radius 1 is 1.55 bits per heavy atom. The van der Waals surface area contributed by atoms with Crippen LogP contribution in [0.3, 0.4) is 0 Å². The van der Waals surface area contributed by atoms with Gasteiger partial charge in [0.15, 0.2) is 0 Å². The molecular weight excluding hydrogens is 149 g/mol. The first-order valence-corrected chi connectivity index (χ1v) is 3.00. The second-order valence-corrected chi connectivity index (χ2v) is 2.06. The van der Waals surface area contributed by atoms with Crippen LogP contribution in [0.1, 0.15) is 5.56 Å². The van der Waals surface area contributed by atoms with Crippen molar-refractivity contribution < 1.29 is 9.50 Å². The van der Waals surface area contributed by atoms with Crippen molar-refractivity contribution in [1.29, 1.82) is 0 Å². The van der Waals surface area contributed by atoms with E-state index in [1.807, 2.05) is 0 Å². The fraction of sp³-hybridized carbons (Fsp3) is 0.143. The minimum absolute atomic E-state index is 0.106. The molecule has 0 saturated carbocycles. The van der Waals surface area contributed by atoms with Crippen molar-refractivity contribution in [3.8, 4) is 5.75 Å². The average Bonchev–Trinajstić information content (AvgIpc) is 1.98. The summed E-state index contributed by atoms with van der Waals surface area (Å²) in [7, 11) is 0. The average molecular weight is 155 g/mol. The van der Waals surface area contributed by atoms with Gasteiger partial charge in [0.05, 0.1) is 0 Å². The van der Waals surface area contributed by atoms with Gasteiger partial charge >= 0.3 is 0 Å². The van der Waals surface area contributed by atoms with Gasteiger partial charge in [0.25, 0.3) is 0 Å². The number of rotatable bonds is 2. The van der Waals surface area contributed by atoms with E-state index in [1.165, 1.54) is 6.07 Å². The Labute approximate surface area is 62.5 Å². The lowest BCUT2D eigenvalue weighted by Gasteiger charge is -1.97. The number of benzene rings is 1. The van der Waals surface area contributed by atoms with E-state index >= 15 is 0 Å². The third-order valence-electron chi connectivity index (χ3n) is 1.28. The van der Waals surface area contributed by atoms with Gasteiger partial charge in [0.1, 0.15) is 18.1 Å². The maximum absolute atomic E-state index is 12.4. The number of aromatic hydroxyl groups is 1. The second kappa shape index (κ2) is 3.09. The maximum Gasteiger partial charge on any atom is 0.123 e. The van der Waals surface area contributed by atoms with Crippen molar-refractivity contribution in [2.24, 2.45) is 5.18 Å². The summed E-state index contributed by atoms with van der Waals surface area (Å²) in [5.74, 6) is -0.590. The second-order valence-electron chi connectivity index (χ2n) is 2.06. The molecule has 58 valence electrons. The third-order valence-corrected chi connectivity index (χ3v) is 1.28. The lowest BCUT2D eigenvalue weighted by Crippen LogP contribution is -1.83. The predicted molar refractivity (Wildman–Crippen MR) is 37.6 cm³/mol. The summed E-state index contributed by atoms with van der Waals surface area (Å²) < 4.78 is 12.4. The fourth-order valence-corrected chi connectivity index (χ4v) is 0.750. The summed E-state index contributed by atoms with van der Waals surface area (Å²) in [5.41, 5.74) is 0.208. The molecule has 0 aliphatic carbocycles. The van der Waals surface area contributed by atoms with Gasteiger partial charge in [-0.2, -0.15) is 4.91 Å². The van der Waals surface area contributed by atoms with Crippen LogP contribution in [0.5, 0.6) is 5.75 Å². The molecule has 1 rings (SSSR count). The molecule has 0 atom stereocenters. The van der Waals surface area contributed by atoms with Gasteiger partial charge in [-0.1, -0.05) is 5.18 Å². The van der Waals surface area contributed by atoms with E-state index < -0.39 is 5.82 Å². The standard InChI is InChI=1S/C7H6FNO2/c8-6-1-2-7(10)5(3-6)4-9-11/h1-3,10H,4H2. The monoisotopic (exact) mass is 155 g/mol. The summed E-state index contributed by atoms with van der Waals surface area (Å²) in [6.45, 7) is -0.205. The van der Waals surface area contributed by atoms with E-state index in [0.717, 1.165) is 12.1 Å². The van der Waals surface area contributed by atoms with Crippen LogP contribution in [0.4, 0.5) is 4.39 Å². The van der Waals surface area contributed by atoms with Crippen LogP contribution in [0.15, 0.2) is 23.4 Å². The van der Waals surface area contributed by atoms with Crippen molar-refractivity contribution in [2.45, 2.75) is 6.54 Å². The van der Waals surface area contributed by atoms with Crippen LogP contribution < -0.4 is 0 Å². The summed E-state index contributed by atoms with van der Waals surface area (Å²) in [4.78, 5) is 9.75. The number of hydrogen-bond donors (Lipinski definition) is 1. The molecule has 0 bridgehead atoms. The molecule has 0 unspecified atom stereocenters. The molecule has 0 aliphatic heterocycles. The van der Waals surface area contributed by atoms with Gasteiger partial charge in [0, 0.05) is 5.56 Å². The molecule has 0 saturated heterocycles. The van der Waals surface area contributed by atoms with Crippen LogP contribution in [0.2, 0.25) is 0 Å². The predicted octanol–water partition coefficient (Wildman–Crippen LogP) is 1.80. The Bertz CT molecular complexity index is 275. The van der Waals surface area contributed by atoms with Crippen LogP contribution in [0, 0.1) is 10.7 Å². The van der Waals surface area contributed by atoms with Crippen molar-refractivity contribution in [3.05, 3.63) is 34.5 Å². The topological polar surface area (TPSA) is 49.7 Å². The molecule has 1 aromatic carbocycles. The molecule has 0 aromatic heterocycles. The fourth-order valence-electron chi connectivity index (χ4n) is 0.750. The zero-order chi connectivity index (χ0) is 8.27. The highest BCUT2D eigenvalue weighted by Crippen LogP contribution is 2.18. The van der Waals surface area contributed by atoms with Crippen molar-refractivity contribution >= 4 is 0 Å². The molecule has 0 amide bonds. The van der Waals surface area contributed by atoms with E-state index in [4.69, 9.17) is 5.11 Å². The summed E-state index contributed by atoms with van der Waals surface area (Å²) >= 11 is 0. The highest BCUT2D eigenvalue weighted by atomic mass is 19.1. The van der Waals surface area contributed by atoms with Crippen LogP contribution in [-0.4, -0.2) is 5.11 Å². The molecule has 0 heterocycles. The van der Waals surface area contributed by atoms with Gasteiger partial charge in [-0.25, -0.2) is 4.39 Å². The zero-order valence-electron chi connectivity index (χ0n) is 5.62. The van der Waals surface area contributed by atoms with Gasteiger partial charge < -0.3 is 5.11 Å². The van der Waals surface area contributed by atoms with Gasteiger partial charge in [-0.05, 0) is 18.2 Å². The molecule has 1 aromatic rings. The van der Waals surface area contributed by atoms with Crippen LogP contribution in [-0.2, 0) is 6.54 Å². The Morgan fingerprint density at radius 3 is 2.91 bits per heavy atom. The lowest BCUT2D eigenvalue weighted by molar-refractivity contribution is 0.465. The minimum Gasteiger partial charge on any atom is -0.508 e. The summed E-state index contributed by atoms with van der Waals surface area (Å²) in [6, 6.07) is 3.39. The minimum atomic E-state index is -0.485. The van der Waals surface area contributed by atoms with Gasteiger partial charge in [-0.15, -0.1) is 0 Å². The molecule has 11 heavy (non-hydrogen) atoms. The van der Waals surface area contributed by atoms with Gasteiger partial charge in [-0.3, -0.25) is 0 Å². The van der Waals surface area contributed by atoms with Crippen molar-refractivity contribution in [1.82, 2.24) is 0 Å². The maximum atomic E-state index is 12.4. The number of phenols is 1. The third kappa shape index (κ3) is 1.73. The number of hydrogen-bond acceptors (Lipinski definition) is 3. The SMILES string of the molecule is O=NCc1cc(F)ccc1O. The molecule has 0 radical (unpaired) electrons. The molecule has 0 fully saturated rings. The molecular formula is C7H6FNO2. The van der Waals surface area contributed by atoms with E-state index in [1.54, 1.807) is 0 Å². The Balaban J connectivity index is 3.01. The molecule has 3 nitrogen and oxygen atoms in total. The van der Waals surface area contributed by atoms with Crippen LogP contribution in [0.25, 0.3) is 0 Å². The van der Waals surface area contributed by atoms with E-state index in [-0.39, 0.29) is 17.9 Å². The first kappa shape index (κ1) is 7.65. The lowest BCUT2D eigenvalue weighted by atomic mass is 10.2. The molecule has 0 spiro atoms. The highest BCUT2D eigenvalue weighted by molar-refractivity contribution is 5.32. The van der Waals surface area contributed by atoms with Crippen molar-refractivity contribution in [2.75, 3.05) is 0 Å². The number of nitroso groups, excluding NO2 is 1. The highest BCUT2D eigenvalue weighted by Gasteiger charge is 2.01. The molecule has 1 N–H and O–H groups in total. The summed E-state index contributed by atoms with van der Waals surface area (Å²) in [5, 5.41) is 11.5. The van der Waals surface area contributed by atoms with Gasteiger partial charge in [0.2, 0.25) is 0 Å². The molecule has 4 heteroatoms. The smallest absolute Gasteiger partial charge is 0.123 e. The first-order valence-electron chi connectivity index (χ1n) is 3.00. The summed E-state index contributed by atoms with van der Waals surface area (Å²) in [6.07, 6.45) is 0. The Kier molecular flexibility index (Phi) is 2.15. The first-order chi connectivity index (χ1) is 5.24. The Hall–Kier alpha value is -1.45. The van der Waals surface area contributed by atoms with Crippen LogP contribution >= 0.6 is 0 Å². The zero-order valence-corrected chi connectivity index (χ0v) is 5.62. The van der Waals surface area contributed by atoms with E-state index in [9.17, 15) is 9.30 Å². The number of nitrogens with zero attached hydrogens (tertiary/aromatic N) is 1. The number of phenolic OH excluding ortho intramolecular Hbond substituents is 1. The Morgan fingerprint density at radius 2 is 2.27 bits per heavy atom. The molecule has 0 aliphatic rings. The quantitative estimate of drug-likeness (QED) is 0.662. The number of halogens is 1. The normalized spacial score (nSPS) is 9.55. The van der Waals surface area contributed by atoms with E-state index in [2.05, 4.69) is 5.18 Å². The van der Waals surface area contributed by atoms with E-state index in [0.29, 0.717) is 0 Å². The largest absolute Gasteiger partial charge is 0.508 e. The van der Waals surface area contributed by atoms with Crippen molar-refractivity contribution in [3.63, 3.8) is 0 Å².